The minimum absolute atomic E-state index is 0.0555. The Morgan fingerprint density at radius 1 is 0.857 bits per heavy atom. The fourth-order valence-electron chi connectivity index (χ4n) is 4.52. The summed E-state index contributed by atoms with van der Waals surface area (Å²) in [4.78, 5) is 39.8. The van der Waals surface area contributed by atoms with E-state index in [1.165, 1.54) is 6.07 Å². The maximum absolute atomic E-state index is 13.4. The van der Waals surface area contributed by atoms with Crippen molar-refractivity contribution in [3.05, 3.63) is 102 Å². The summed E-state index contributed by atoms with van der Waals surface area (Å²) < 4.78 is 5.00. The van der Waals surface area contributed by atoms with E-state index in [4.69, 9.17) is 4.74 Å². The summed E-state index contributed by atoms with van der Waals surface area (Å²) in [7, 11) is 0. The summed E-state index contributed by atoms with van der Waals surface area (Å²) in [6, 6.07) is 25.8. The van der Waals surface area contributed by atoms with Gasteiger partial charge in [0.2, 0.25) is 5.91 Å². The molecule has 0 unspecified atom stereocenters. The SMILES string of the molecule is CCOC(=O)c1cccc(NC(=O)NCC(=O)N2[C@@H](c3ccccc3)CC[C@H]2c2ccccc2)c1. The van der Waals surface area contributed by atoms with E-state index < -0.39 is 12.0 Å². The smallest absolute Gasteiger partial charge is 0.338 e. The van der Waals surface area contributed by atoms with Gasteiger partial charge in [0.25, 0.3) is 0 Å². The highest BCUT2D eigenvalue weighted by Gasteiger charge is 2.38. The second kappa shape index (κ2) is 11.3. The van der Waals surface area contributed by atoms with Crippen LogP contribution in [-0.4, -0.2) is 36.0 Å². The molecule has 3 aromatic rings. The number of anilines is 1. The predicted molar refractivity (Wildman–Crippen MR) is 134 cm³/mol. The van der Waals surface area contributed by atoms with Crippen LogP contribution in [0, 0.1) is 0 Å². The van der Waals surface area contributed by atoms with Crippen molar-refractivity contribution in [3.8, 4) is 0 Å². The number of hydrogen-bond acceptors (Lipinski definition) is 4. The minimum Gasteiger partial charge on any atom is -0.462 e. The van der Waals surface area contributed by atoms with Gasteiger partial charge in [0.15, 0.2) is 0 Å². The normalized spacial score (nSPS) is 17.0. The van der Waals surface area contributed by atoms with Crippen LogP contribution in [0.2, 0.25) is 0 Å². The summed E-state index contributed by atoms with van der Waals surface area (Å²) >= 11 is 0. The Balaban J connectivity index is 1.44. The molecule has 7 nitrogen and oxygen atoms in total. The maximum atomic E-state index is 13.4. The van der Waals surface area contributed by atoms with E-state index in [1.54, 1.807) is 25.1 Å². The van der Waals surface area contributed by atoms with Crippen molar-refractivity contribution < 1.29 is 19.1 Å². The van der Waals surface area contributed by atoms with Crippen LogP contribution in [0.5, 0.6) is 0 Å². The van der Waals surface area contributed by atoms with Gasteiger partial charge >= 0.3 is 12.0 Å². The van der Waals surface area contributed by atoms with E-state index in [0.717, 1.165) is 24.0 Å². The predicted octanol–water partition coefficient (Wildman–Crippen LogP) is 5.09. The number of rotatable bonds is 7. The summed E-state index contributed by atoms with van der Waals surface area (Å²) in [5, 5.41) is 5.35. The molecule has 1 heterocycles. The van der Waals surface area contributed by atoms with Crippen LogP contribution in [0.4, 0.5) is 10.5 Å². The molecule has 2 atom stereocenters. The number of nitrogens with one attached hydrogen (secondary N) is 2. The maximum Gasteiger partial charge on any atom is 0.338 e. The Hall–Kier alpha value is -4.13. The molecule has 1 fully saturated rings. The van der Waals surface area contributed by atoms with E-state index in [-0.39, 0.29) is 31.1 Å². The molecule has 0 aliphatic carbocycles. The lowest BCUT2D eigenvalue weighted by atomic mass is 10.0. The first-order chi connectivity index (χ1) is 17.1. The molecule has 0 spiro atoms. The Morgan fingerprint density at radius 2 is 1.46 bits per heavy atom. The van der Waals surface area contributed by atoms with E-state index >= 15 is 0 Å². The third kappa shape index (κ3) is 5.87. The lowest BCUT2D eigenvalue weighted by Crippen LogP contribution is -2.42. The quantitative estimate of drug-likeness (QED) is 0.470. The second-order valence-corrected chi connectivity index (χ2v) is 8.34. The van der Waals surface area contributed by atoms with Gasteiger partial charge in [0.05, 0.1) is 30.8 Å². The van der Waals surface area contributed by atoms with Gasteiger partial charge in [-0.15, -0.1) is 0 Å². The molecule has 1 aliphatic heterocycles. The second-order valence-electron chi connectivity index (χ2n) is 8.34. The Labute approximate surface area is 205 Å². The summed E-state index contributed by atoms with van der Waals surface area (Å²) in [6.07, 6.45) is 1.70. The van der Waals surface area contributed by atoms with Crippen molar-refractivity contribution in [2.75, 3.05) is 18.5 Å². The highest BCUT2D eigenvalue weighted by atomic mass is 16.5. The molecule has 3 amide bonds. The number of ether oxygens (including phenoxy) is 1. The largest absolute Gasteiger partial charge is 0.462 e. The molecule has 0 bridgehead atoms. The molecule has 1 saturated heterocycles. The zero-order valence-electron chi connectivity index (χ0n) is 19.6. The first-order valence-corrected chi connectivity index (χ1v) is 11.8. The molecule has 180 valence electrons. The van der Waals surface area contributed by atoms with Crippen LogP contribution in [0.15, 0.2) is 84.9 Å². The standard InChI is InChI=1S/C28H29N3O4/c1-2-35-27(33)22-14-9-15-23(18-22)30-28(34)29-19-26(32)31-24(20-10-5-3-6-11-20)16-17-25(31)21-12-7-4-8-13-21/h3-15,18,24-25H,2,16-17,19H2,1H3,(H2,29,30,34)/t24-,25+. The van der Waals surface area contributed by atoms with Gasteiger partial charge in [-0.1, -0.05) is 66.7 Å². The molecule has 4 rings (SSSR count). The Morgan fingerprint density at radius 3 is 2.03 bits per heavy atom. The average Bonchev–Trinajstić information content (AvgIpc) is 3.34. The van der Waals surface area contributed by atoms with Crippen LogP contribution < -0.4 is 10.6 Å². The lowest BCUT2D eigenvalue weighted by molar-refractivity contribution is -0.133. The van der Waals surface area contributed by atoms with E-state index in [0.29, 0.717) is 11.3 Å². The van der Waals surface area contributed by atoms with E-state index in [9.17, 15) is 14.4 Å². The molecule has 35 heavy (non-hydrogen) atoms. The van der Waals surface area contributed by atoms with Gasteiger partial charge in [-0.2, -0.15) is 0 Å². The highest BCUT2D eigenvalue weighted by Crippen LogP contribution is 2.43. The van der Waals surface area contributed by atoms with Crippen molar-refractivity contribution in [2.45, 2.75) is 31.8 Å². The first kappa shape index (κ1) is 24.0. The fourth-order valence-corrected chi connectivity index (χ4v) is 4.52. The van der Waals surface area contributed by atoms with Crippen molar-refractivity contribution in [3.63, 3.8) is 0 Å². The number of amides is 3. The molecule has 0 saturated carbocycles. The monoisotopic (exact) mass is 471 g/mol. The van der Waals surface area contributed by atoms with Crippen molar-refractivity contribution in [1.29, 1.82) is 0 Å². The minimum atomic E-state index is -0.522. The van der Waals surface area contributed by atoms with E-state index in [1.807, 2.05) is 65.6 Å². The number of hydrogen-bond donors (Lipinski definition) is 2. The number of carbonyl (C=O) groups excluding carboxylic acids is 3. The summed E-state index contributed by atoms with van der Waals surface area (Å²) in [6.45, 7) is 1.86. The molecule has 0 aromatic heterocycles. The van der Waals surface area contributed by atoms with Gasteiger partial charge in [-0.25, -0.2) is 9.59 Å². The Kier molecular flexibility index (Phi) is 7.77. The molecular formula is C28H29N3O4. The number of benzene rings is 3. The van der Waals surface area contributed by atoms with Gasteiger partial charge < -0.3 is 20.3 Å². The van der Waals surface area contributed by atoms with Crippen molar-refractivity contribution in [2.24, 2.45) is 0 Å². The topological polar surface area (TPSA) is 87.7 Å². The van der Waals surface area contributed by atoms with Gasteiger partial charge in [0, 0.05) is 5.69 Å². The zero-order chi connectivity index (χ0) is 24.6. The van der Waals surface area contributed by atoms with Crippen LogP contribution >= 0.6 is 0 Å². The van der Waals surface area contributed by atoms with Crippen LogP contribution in [0.1, 0.15) is 53.3 Å². The van der Waals surface area contributed by atoms with Crippen LogP contribution in [0.3, 0.4) is 0 Å². The third-order valence-corrected chi connectivity index (χ3v) is 6.07. The molecule has 2 N–H and O–H groups in total. The molecule has 0 radical (unpaired) electrons. The van der Waals surface area contributed by atoms with Crippen LogP contribution in [0.25, 0.3) is 0 Å². The summed E-state index contributed by atoms with van der Waals surface area (Å²) in [5.74, 6) is -0.611. The number of esters is 1. The first-order valence-electron chi connectivity index (χ1n) is 11.8. The number of likely N-dealkylation sites (tertiary alicyclic amines) is 1. The average molecular weight is 472 g/mol. The molecular weight excluding hydrogens is 442 g/mol. The number of nitrogens with zero attached hydrogens (tertiary/aromatic N) is 1. The molecule has 3 aromatic carbocycles. The summed E-state index contributed by atoms with van der Waals surface area (Å²) in [5.41, 5.74) is 2.94. The van der Waals surface area contributed by atoms with Crippen molar-refractivity contribution >= 4 is 23.6 Å². The van der Waals surface area contributed by atoms with Gasteiger partial charge in [-0.3, -0.25) is 4.79 Å². The van der Waals surface area contributed by atoms with Gasteiger partial charge in [0.1, 0.15) is 0 Å². The van der Waals surface area contributed by atoms with E-state index in [2.05, 4.69) is 10.6 Å². The zero-order valence-corrected chi connectivity index (χ0v) is 19.6. The highest BCUT2D eigenvalue weighted by molar-refractivity contribution is 5.95. The third-order valence-electron chi connectivity index (χ3n) is 6.07. The molecule has 1 aliphatic rings. The van der Waals surface area contributed by atoms with Crippen LogP contribution in [-0.2, 0) is 9.53 Å². The molecule has 7 heteroatoms. The number of carbonyl (C=O) groups is 3. The van der Waals surface area contributed by atoms with Crippen molar-refractivity contribution in [1.82, 2.24) is 10.2 Å². The fraction of sp³-hybridized carbons (Fsp3) is 0.250. The Bertz CT molecular complexity index is 1120. The van der Waals surface area contributed by atoms with Gasteiger partial charge in [-0.05, 0) is 49.1 Å². The number of urea groups is 1. The lowest BCUT2D eigenvalue weighted by Gasteiger charge is -2.31.